The number of rotatable bonds is 3. The summed E-state index contributed by atoms with van der Waals surface area (Å²) in [5.74, 6) is -0.378. The van der Waals surface area contributed by atoms with E-state index in [1.807, 2.05) is 30.3 Å². The third kappa shape index (κ3) is 2.95. The predicted octanol–water partition coefficient (Wildman–Crippen LogP) is 2.17. The van der Waals surface area contributed by atoms with Crippen molar-refractivity contribution in [3.8, 4) is 0 Å². The number of carbonyl (C=O) groups is 1. The van der Waals surface area contributed by atoms with Crippen LogP contribution in [0.5, 0.6) is 0 Å². The van der Waals surface area contributed by atoms with Gasteiger partial charge in [0.1, 0.15) is 0 Å². The minimum absolute atomic E-state index is 0.378. The van der Waals surface area contributed by atoms with Gasteiger partial charge >= 0.3 is 0 Å². The van der Waals surface area contributed by atoms with Crippen LogP contribution in [-0.2, 0) is 4.79 Å². The predicted molar refractivity (Wildman–Crippen MR) is 55.3 cm³/mol. The number of nitrogens with two attached hydrogens (primary N) is 1. The maximum atomic E-state index is 10.9. The van der Waals surface area contributed by atoms with Crippen LogP contribution < -0.4 is 5.73 Å². The van der Waals surface area contributed by atoms with Crippen LogP contribution in [0.4, 0.5) is 0 Å². The lowest BCUT2D eigenvalue weighted by molar-refractivity contribution is -0.113. The number of benzene rings is 1. The summed E-state index contributed by atoms with van der Waals surface area (Å²) in [7, 11) is 0. The average Bonchev–Trinajstić information content (AvgIpc) is 2.15. The highest BCUT2D eigenvalue weighted by Crippen LogP contribution is 2.25. The summed E-state index contributed by atoms with van der Waals surface area (Å²) in [6.07, 6.45) is 1.72. The molecule has 0 saturated carbocycles. The van der Waals surface area contributed by atoms with Crippen molar-refractivity contribution in [3.63, 3.8) is 0 Å². The van der Waals surface area contributed by atoms with Crippen molar-refractivity contribution in [2.24, 2.45) is 5.73 Å². The molecule has 0 saturated heterocycles. The van der Waals surface area contributed by atoms with E-state index in [0.29, 0.717) is 4.91 Å². The molecule has 0 bridgehead atoms. The van der Waals surface area contributed by atoms with E-state index in [4.69, 9.17) is 5.73 Å². The van der Waals surface area contributed by atoms with E-state index < -0.39 is 0 Å². The standard InChI is InChI=1S/C10H11NOS/c1-2-9(10(11)12)13-8-6-4-3-5-7-8/h2-7H,1H3,(H2,11,12). The normalized spacial score (nSPS) is 11.3. The van der Waals surface area contributed by atoms with Gasteiger partial charge in [-0.25, -0.2) is 0 Å². The van der Waals surface area contributed by atoms with Crippen molar-refractivity contribution in [1.29, 1.82) is 0 Å². The highest BCUT2D eigenvalue weighted by Gasteiger charge is 2.04. The summed E-state index contributed by atoms with van der Waals surface area (Å²) in [6, 6.07) is 9.67. The highest BCUT2D eigenvalue weighted by atomic mass is 32.2. The zero-order valence-electron chi connectivity index (χ0n) is 7.36. The van der Waals surface area contributed by atoms with E-state index in [-0.39, 0.29) is 5.91 Å². The zero-order chi connectivity index (χ0) is 9.68. The molecular formula is C10H11NOS. The molecule has 2 N–H and O–H groups in total. The Morgan fingerprint density at radius 2 is 2.00 bits per heavy atom. The fraction of sp³-hybridized carbons (Fsp3) is 0.100. The first-order valence-electron chi connectivity index (χ1n) is 3.93. The van der Waals surface area contributed by atoms with E-state index in [2.05, 4.69) is 0 Å². The summed E-state index contributed by atoms with van der Waals surface area (Å²) in [5, 5.41) is 0. The smallest absolute Gasteiger partial charge is 0.255 e. The van der Waals surface area contributed by atoms with Crippen molar-refractivity contribution in [2.75, 3.05) is 0 Å². The number of carbonyl (C=O) groups excluding carboxylic acids is 1. The summed E-state index contributed by atoms with van der Waals surface area (Å²) >= 11 is 1.38. The van der Waals surface area contributed by atoms with Crippen molar-refractivity contribution in [3.05, 3.63) is 41.3 Å². The van der Waals surface area contributed by atoms with Gasteiger partial charge < -0.3 is 5.73 Å². The molecule has 0 unspecified atom stereocenters. The van der Waals surface area contributed by atoms with Gasteiger partial charge in [-0.05, 0) is 19.1 Å². The summed E-state index contributed by atoms with van der Waals surface area (Å²) in [5.41, 5.74) is 5.17. The average molecular weight is 193 g/mol. The monoisotopic (exact) mass is 193 g/mol. The molecule has 3 heteroatoms. The molecule has 0 radical (unpaired) electrons. The third-order valence-corrected chi connectivity index (χ3v) is 2.64. The fourth-order valence-corrected chi connectivity index (χ4v) is 1.63. The quantitative estimate of drug-likeness (QED) is 0.590. The summed E-state index contributed by atoms with van der Waals surface area (Å²) < 4.78 is 0. The SMILES string of the molecule is CC=C(Sc1ccccc1)C(N)=O. The van der Waals surface area contributed by atoms with Crippen LogP contribution in [0.2, 0.25) is 0 Å². The first-order chi connectivity index (χ1) is 6.24. The van der Waals surface area contributed by atoms with E-state index in [9.17, 15) is 4.79 Å². The Bertz CT molecular complexity index is 319. The second-order valence-electron chi connectivity index (χ2n) is 2.43. The Morgan fingerprint density at radius 1 is 1.38 bits per heavy atom. The van der Waals surface area contributed by atoms with Crippen LogP contribution in [0.25, 0.3) is 0 Å². The second-order valence-corrected chi connectivity index (χ2v) is 3.55. The number of primary amides is 1. The lowest BCUT2D eigenvalue weighted by Crippen LogP contribution is -2.11. The highest BCUT2D eigenvalue weighted by molar-refractivity contribution is 8.04. The lowest BCUT2D eigenvalue weighted by atomic mass is 10.4. The van der Waals surface area contributed by atoms with Gasteiger partial charge in [0.15, 0.2) is 0 Å². The van der Waals surface area contributed by atoms with E-state index >= 15 is 0 Å². The topological polar surface area (TPSA) is 43.1 Å². The number of thioether (sulfide) groups is 1. The molecule has 0 atom stereocenters. The number of allylic oxidation sites excluding steroid dienone is 1. The van der Waals surface area contributed by atoms with Gasteiger partial charge in [-0.3, -0.25) is 4.79 Å². The van der Waals surface area contributed by atoms with Crippen LogP contribution in [0.3, 0.4) is 0 Å². The Hall–Kier alpha value is -1.22. The second kappa shape index (κ2) is 4.72. The molecule has 1 rings (SSSR count). The van der Waals surface area contributed by atoms with Gasteiger partial charge in [-0.2, -0.15) is 0 Å². The van der Waals surface area contributed by atoms with E-state index in [1.54, 1.807) is 13.0 Å². The van der Waals surface area contributed by atoms with Gasteiger partial charge in [-0.1, -0.05) is 36.0 Å². The molecule has 0 aliphatic heterocycles. The fourth-order valence-electron chi connectivity index (χ4n) is 0.867. The van der Waals surface area contributed by atoms with E-state index in [0.717, 1.165) is 4.90 Å². The minimum atomic E-state index is -0.378. The van der Waals surface area contributed by atoms with Crippen LogP contribution in [0.1, 0.15) is 6.92 Å². The maximum Gasteiger partial charge on any atom is 0.255 e. The maximum absolute atomic E-state index is 10.9. The van der Waals surface area contributed by atoms with Crippen LogP contribution in [-0.4, -0.2) is 5.91 Å². The Morgan fingerprint density at radius 3 is 2.46 bits per heavy atom. The molecule has 68 valence electrons. The van der Waals surface area contributed by atoms with Gasteiger partial charge in [0, 0.05) is 4.90 Å². The van der Waals surface area contributed by atoms with Crippen molar-refractivity contribution in [1.82, 2.24) is 0 Å². The molecule has 13 heavy (non-hydrogen) atoms. The molecule has 0 aliphatic carbocycles. The molecule has 0 aromatic heterocycles. The molecule has 1 amide bonds. The number of hydrogen-bond acceptors (Lipinski definition) is 2. The first-order valence-corrected chi connectivity index (χ1v) is 4.74. The molecule has 0 spiro atoms. The lowest BCUT2D eigenvalue weighted by Gasteiger charge is -2.01. The molecule has 1 aromatic rings. The first kappa shape index (κ1) is 9.86. The van der Waals surface area contributed by atoms with Crippen molar-refractivity contribution < 1.29 is 4.79 Å². The van der Waals surface area contributed by atoms with E-state index in [1.165, 1.54) is 11.8 Å². The van der Waals surface area contributed by atoms with Gasteiger partial charge in [0.2, 0.25) is 0 Å². The number of amides is 1. The Kier molecular flexibility index (Phi) is 3.58. The molecular weight excluding hydrogens is 182 g/mol. The van der Waals surface area contributed by atoms with Crippen LogP contribution in [0, 0.1) is 0 Å². The third-order valence-electron chi connectivity index (χ3n) is 1.48. The van der Waals surface area contributed by atoms with Crippen molar-refractivity contribution in [2.45, 2.75) is 11.8 Å². The Balaban J connectivity index is 2.74. The van der Waals surface area contributed by atoms with Crippen LogP contribution in [0.15, 0.2) is 46.2 Å². The molecule has 0 aliphatic rings. The van der Waals surface area contributed by atoms with Gasteiger partial charge in [-0.15, -0.1) is 0 Å². The summed E-state index contributed by atoms with van der Waals surface area (Å²) in [4.78, 5) is 12.5. The van der Waals surface area contributed by atoms with Gasteiger partial charge in [0.05, 0.1) is 4.91 Å². The Labute approximate surface area is 81.8 Å². The summed E-state index contributed by atoms with van der Waals surface area (Å²) in [6.45, 7) is 1.80. The minimum Gasteiger partial charge on any atom is -0.365 e. The molecule has 0 heterocycles. The van der Waals surface area contributed by atoms with Crippen molar-refractivity contribution >= 4 is 17.7 Å². The van der Waals surface area contributed by atoms with Crippen LogP contribution >= 0.6 is 11.8 Å². The largest absolute Gasteiger partial charge is 0.365 e. The zero-order valence-corrected chi connectivity index (χ0v) is 8.17. The molecule has 1 aromatic carbocycles. The molecule has 2 nitrogen and oxygen atoms in total. The number of hydrogen-bond donors (Lipinski definition) is 1. The molecule has 0 fully saturated rings. The van der Waals surface area contributed by atoms with Gasteiger partial charge in [0.25, 0.3) is 5.91 Å².